The number of carboxylic acid groups (broad SMARTS) is 1. The van der Waals surface area contributed by atoms with Crippen LogP contribution in [0.4, 0.5) is 0 Å². The Morgan fingerprint density at radius 2 is 1.70 bits per heavy atom. The first-order chi connectivity index (χ1) is 18.0. The van der Waals surface area contributed by atoms with E-state index in [0.717, 1.165) is 33.0 Å². The van der Waals surface area contributed by atoms with Gasteiger partial charge >= 0.3 is 5.97 Å². The molecule has 0 radical (unpaired) electrons. The highest BCUT2D eigenvalue weighted by atomic mass is 16.5. The molecule has 1 N–H and O–H groups in total. The Labute approximate surface area is 216 Å². The first kappa shape index (κ1) is 25.3. The first-order valence-corrected chi connectivity index (χ1v) is 12.0. The van der Waals surface area contributed by atoms with Gasteiger partial charge in [0.05, 0.1) is 23.8 Å². The van der Waals surface area contributed by atoms with E-state index in [9.17, 15) is 10.1 Å². The van der Waals surface area contributed by atoms with E-state index in [-0.39, 0.29) is 12.2 Å². The van der Waals surface area contributed by atoms with Crippen LogP contribution in [0.3, 0.4) is 0 Å². The zero-order chi connectivity index (χ0) is 26.2. The highest BCUT2D eigenvalue weighted by molar-refractivity contribution is 5.94. The summed E-state index contributed by atoms with van der Waals surface area (Å²) in [6.07, 6.45) is 4.20. The van der Waals surface area contributed by atoms with Gasteiger partial charge in [0.15, 0.2) is 11.5 Å². The van der Waals surface area contributed by atoms with Gasteiger partial charge in [0, 0.05) is 5.56 Å². The standard InChI is InChI=1S/C32H27NO4/c1-3-7-28-16-23(17-29(20-33)27-15-14-24-8-5-6-9-26(24)19-27)18-30(36-4-2)31(28)37-21-22-10-12-25(13-11-22)32(34)35/h3,5-6,8-19H,1,4,7,21H2,2H3,(H,34,35). The molecule has 0 saturated heterocycles. The molecule has 0 aromatic heterocycles. The minimum Gasteiger partial charge on any atom is -0.490 e. The van der Waals surface area contributed by atoms with Crippen molar-refractivity contribution in [3.63, 3.8) is 0 Å². The fourth-order valence-corrected chi connectivity index (χ4v) is 4.10. The van der Waals surface area contributed by atoms with Gasteiger partial charge in [-0.2, -0.15) is 5.26 Å². The van der Waals surface area contributed by atoms with Crippen molar-refractivity contribution in [2.24, 2.45) is 0 Å². The summed E-state index contributed by atoms with van der Waals surface area (Å²) in [5.74, 6) is 0.208. The van der Waals surface area contributed by atoms with Crippen LogP contribution in [0, 0.1) is 11.3 Å². The molecule has 184 valence electrons. The summed E-state index contributed by atoms with van der Waals surface area (Å²) < 4.78 is 12.1. The summed E-state index contributed by atoms with van der Waals surface area (Å²) in [4.78, 5) is 11.1. The summed E-state index contributed by atoms with van der Waals surface area (Å²) in [6.45, 7) is 6.48. The third-order valence-electron chi connectivity index (χ3n) is 5.89. The molecule has 0 amide bonds. The first-order valence-electron chi connectivity index (χ1n) is 12.0. The minimum atomic E-state index is -0.969. The maximum atomic E-state index is 11.1. The lowest BCUT2D eigenvalue weighted by atomic mass is 9.98. The van der Waals surface area contributed by atoms with E-state index in [1.165, 1.54) is 0 Å². The largest absolute Gasteiger partial charge is 0.490 e. The Bertz CT molecular complexity index is 1510. The van der Waals surface area contributed by atoms with E-state index in [4.69, 9.17) is 14.6 Å². The number of nitriles is 1. The molecule has 4 rings (SSSR count). The molecular formula is C32H27NO4. The van der Waals surface area contributed by atoms with Crippen molar-refractivity contribution in [3.05, 3.63) is 119 Å². The van der Waals surface area contributed by atoms with Crippen molar-refractivity contribution < 1.29 is 19.4 Å². The zero-order valence-electron chi connectivity index (χ0n) is 20.6. The summed E-state index contributed by atoms with van der Waals surface area (Å²) in [7, 11) is 0. The number of allylic oxidation sites excluding steroid dienone is 2. The molecule has 37 heavy (non-hydrogen) atoms. The summed E-state index contributed by atoms with van der Waals surface area (Å²) >= 11 is 0. The fraction of sp³-hybridized carbons (Fsp3) is 0.125. The number of carboxylic acids is 1. The second-order valence-corrected chi connectivity index (χ2v) is 8.46. The Balaban J connectivity index is 1.69. The van der Waals surface area contributed by atoms with Crippen LogP contribution < -0.4 is 9.47 Å². The van der Waals surface area contributed by atoms with E-state index in [1.807, 2.05) is 67.6 Å². The van der Waals surface area contributed by atoms with E-state index >= 15 is 0 Å². The monoisotopic (exact) mass is 489 g/mol. The van der Waals surface area contributed by atoms with Crippen LogP contribution in [-0.2, 0) is 13.0 Å². The van der Waals surface area contributed by atoms with Crippen LogP contribution in [0.15, 0.2) is 91.5 Å². The van der Waals surface area contributed by atoms with Crippen LogP contribution in [0.25, 0.3) is 22.4 Å². The average molecular weight is 490 g/mol. The predicted molar refractivity (Wildman–Crippen MR) is 147 cm³/mol. The molecule has 0 atom stereocenters. The lowest BCUT2D eigenvalue weighted by Gasteiger charge is -2.17. The lowest BCUT2D eigenvalue weighted by molar-refractivity contribution is 0.0697. The van der Waals surface area contributed by atoms with Crippen molar-refractivity contribution in [2.45, 2.75) is 20.0 Å². The van der Waals surface area contributed by atoms with E-state index in [1.54, 1.807) is 30.3 Å². The molecular weight excluding hydrogens is 462 g/mol. The molecule has 0 aliphatic heterocycles. The van der Waals surface area contributed by atoms with Crippen LogP contribution in [0.2, 0.25) is 0 Å². The van der Waals surface area contributed by atoms with Gasteiger partial charge < -0.3 is 14.6 Å². The molecule has 0 aliphatic carbocycles. The van der Waals surface area contributed by atoms with Crippen molar-refractivity contribution >= 4 is 28.4 Å². The average Bonchev–Trinajstić information content (AvgIpc) is 2.91. The number of benzene rings is 4. The third kappa shape index (κ3) is 6.06. The molecule has 0 unspecified atom stereocenters. The molecule has 0 fully saturated rings. The number of nitrogens with zero attached hydrogens (tertiary/aromatic N) is 1. The van der Waals surface area contributed by atoms with Gasteiger partial charge in [0.25, 0.3) is 0 Å². The number of hydrogen-bond donors (Lipinski definition) is 1. The molecule has 5 nitrogen and oxygen atoms in total. The third-order valence-corrected chi connectivity index (χ3v) is 5.89. The smallest absolute Gasteiger partial charge is 0.335 e. The highest BCUT2D eigenvalue weighted by Gasteiger charge is 2.14. The predicted octanol–water partition coefficient (Wildman–Crippen LogP) is 7.31. The molecule has 4 aromatic rings. The second kappa shape index (κ2) is 11.7. The quantitative estimate of drug-likeness (QED) is 0.144. The number of ether oxygens (including phenoxy) is 2. The van der Waals surface area contributed by atoms with Crippen molar-refractivity contribution in [3.8, 4) is 17.6 Å². The fourth-order valence-electron chi connectivity index (χ4n) is 4.10. The molecule has 4 aromatic carbocycles. The van der Waals surface area contributed by atoms with Gasteiger partial charge in [-0.05, 0) is 77.2 Å². The Morgan fingerprint density at radius 3 is 2.38 bits per heavy atom. The number of fused-ring (bicyclic) bond motifs is 1. The normalized spacial score (nSPS) is 11.1. The van der Waals surface area contributed by atoms with Gasteiger partial charge in [-0.1, -0.05) is 54.6 Å². The number of hydrogen-bond acceptors (Lipinski definition) is 4. The van der Waals surface area contributed by atoms with Crippen molar-refractivity contribution in [1.29, 1.82) is 5.26 Å². The number of rotatable bonds is 10. The minimum absolute atomic E-state index is 0.224. The van der Waals surface area contributed by atoms with Crippen molar-refractivity contribution in [2.75, 3.05) is 6.61 Å². The lowest BCUT2D eigenvalue weighted by Crippen LogP contribution is -2.04. The van der Waals surface area contributed by atoms with Gasteiger partial charge in [0.1, 0.15) is 6.61 Å². The second-order valence-electron chi connectivity index (χ2n) is 8.46. The SMILES string of the molecule is C=CCc1cc(C=C(C#N)c2ccc3ccccc3c2)cc(OCC)c1OCc1ccc(C(=O)O)cc1. The van der Waals surface area contributed by atoms with Gasteiger partial charge in [-0.3, -0.25) is 0 Å². The molecule has 0 saturated carbocycles. The Kier molecular flexibility index (Phi) is 8.02. The van der Waals surface area contributed by atoms with Gasteiger partial charge in [0.2, 0.25) is 0 Å². The maximum Gasteiger partial charge on any atom is 0.335 e. The Morgan fingerprint density at radius 1 is 0.973 bits per heavy atom. The topological polar surface area (TPSA) is 79.5 Å². The maximum absolute atomic E-state index is 11.1. The van der Waals surface area contributed by atoms with Gasteiger partial charge in [-0.25, -0.2) is 4.79 Å². The van der Waals surface area contributed by atoms with E-state index in [0.29, 0.717) is 30.1 Å². The highest BCUT2D eigenvalue weighted by Crippen LogP contribution is 2.36. The summed E-state index contributed by atoms with van der Waals surface area (Å²) in [6, 6.07) is 26.8. The summed E-state index contributed by atoms with van der Waals surface area (Å²) in [5, 5.41) is 21.3. The van der Waals surface area contributed by atoms with Crippen LogP contribution in [0.5, 0.6) is 11.5 Å². The Hall–Kier alpha value is -4.82. The molecule has 0 spiro atoms. The van der Waals surface area contributed by atoms with E-state index in [2.05, 4.69) is 12.6 Å². The molecule has 5 heteroatoms. The van der Waals surface area contributed by atoms with E-state index < -0.39 is 5.97 Å². The molecule has 0 aliphatic rings. The molecule has 0 bridgehead atoms. The van der Waals surface area contributed by atoms with Crippen LogP contribution >= 0.6 is 0 Å². The zero-order valence-corrected chi connectivity index (χ0v) is 20.6. The van der Waals surface area contributed by atoms with Crippen molar-refractivity contribution in [1.82, 2.24) is 0 Å². The van der Waals surface area contributed by atoms with Crippen LogP contribution in [0.1, 0.15) is 39.5 Å². The van der Waals surface area contributed by atoms with Crippen LogP contribution in [-0.4, -0.2) is 17.7 Å². The number of carbonyl (C=O) groups is 1. The molecule has 0 heterocycles. The number of aromatic carboxylic acids is 1. The summed E-state index contributed by atoms with van der Waals surface area (Å²) in [5.41, 5.74) is 4.15. The van der Waals surface area contributed by atoms with Gasteiger partial charge in [-0.15, -0.1) is 6.58 Å².